The van der Waals surface area contributed by atoms with Crippen LogP contribution in [0.2, 0.25) is 0 Å². The van der Waals surface area contributed by atoms with Gasteiger partial charge in [0.05, 0.1) is 0 Å². The first-order valence-corrected chi connectivity index (χ1v) is 7.41. The molecule has 1 aromatic rings. The zero-order chi connectivity index (χ0) is 18.7. The molecule has 0 amide bonds. The maximum Gasteiger partial charge on any atom is 0.344 e. The summed E-state index contributed by atoms with van der Waals surface area (Å²) < 4.78 is 20.1. The fraction of sp³-hybridized carbons (Fsp3) is 0.278. The van der Waals surface area contributed by atoms with E-state index < -0.39 is 24.0 Å². The van der Waals surface area contributed by atoms with E-state index in [-0.39, 0.29) is 25.4 Å². The van der Waals surface area contributed by atoms with Gasteiger partial charge in [0.25, 0.3) is 0 Å². The lowest BCUT2D eigenvalue weighted by Gasteiger charge is -2.17. The number of esters is 3. The van der Waals surface area contributed by atoms with Crippen LogP contribution in [-0.4, -0.2) is 43.8 Å². The van der Waals surface area contributed by atoms with Crippen molar-refractivity contribution in [3.8, 4) is 5.75 Å². The number of ether oxygens (including phenoxy) is 4. The molecule has 1 rings (SSSR count). The first-order chi connectivity index (χ1) is 11.9. The Morgan fingerprint density at radius 3 is 2.36 bits per heavy atom. The summed E-state index contributed by atoms with van der Waals surface area (Å²) in [6, 6.07) is 8.73. The van der Waals surface area contributed by atoms with Gasteiger partial charge in [0.1, 0.15) is 19.0 Å². The minimum absolute atomic E-state index is 0.166. The van der Waals surface area contributed by atoms with E-state index in [1.54, 1.807) is 24.3 Å². The minimum atomic E-state index is -0.964. The highest BCUT2D eigenvalue weighted by Crippen LogP contribution is 2.08. The van der Waals surface area contributed by atoms with Crippen LogP contribution in [0, 0.1) is 0 Å². The predicted octanol–water partition coefficient (Wildman–Crippen LogP) is 1.83. The van der Waals surface area contributed by atoms with Gasteiger partial charge in [-0.15, -0.1) is 0 Å². The molecule has 0 aliphatic heterocycles. The van der Waals surface area contributed by atoms with Crippen LogP contribution in [-0.2, 0) is 28.6 Å². The molecular formula is C18H20O7. The summed E-state index contributed by atoms with van der Waals surface area (Å²) in [5.41, 5.74) is 0.166. The highest BCUT2D eigenvalue weighted by Gasteiger charge is 2.19. The lowest BCUT2D eigenvalue weighted by Crippen LogP contribution is -2.31. The Bertz CT molecular complexity index is 622. The van der Waals surface area contributed by atoms with Crippen LogP contribution >= 0.6 is 0 Å². The van der Waals surface area contributed by atoms with Gasteiger partial charge in [0.15, 0.2) is 12.7 Å². The van der Waals surface area contributed by atoms with Crippen molar-refractivity contribution >= 4 is 17.9 Å². The number of carbonyl (C=O) groups is 3. The fourth-order valence-corrected chi connectivity index (χ4v) is 1.49. The Labute approximate surface area is 145 Å². The Hall–Kier alpha value is -3.09. The van der Waals surface area contributed by atoms with Crippen molar-refractivity contribution < 1.29 is 33.3 Å². The number of carbonyl (C=O) groups excluding carboxylic acids is 3. The van der Waals surface area contributed by atoms with Crippen LogP contribution in [0.4, 0.5) is 0 Å². The molecule has 7 nitrogen and oxygen atoms in total. The second kappa shape index (κ2) is 10.6. The lowest BCUT2D eigenvalue weighted by atomic mass is 10.3. The average molecular weight is 348 g/mol. The molecular weight excluding hydrogens is 328 g/mol. The molecule has 1 unspecified atom stereocenters. The van der Waals surface area contributed by atoms with Gasteiger partial charge in [-0.25, -0.2) is 14.4 Å². The Balaban J connectivity index is 2.47. The van der Waals surface area contributed by atoms with Crippen molar-refractivity contribution in [1.29, 1.82) is 0 Å². The van der Waals surface area contributed by atoms with Gasteiger partial charge in [0.2, 0.25) is 0 Å². The van der Waals surface area contributed by atoms with Crippen molar-refractivity contribution in [3.63, 3.8) is 0 Å². The molecule has 0 N–H and O–H groups in total. The zero-order valence-corrected chi connectivity index (χ0v) is 13.9. The number of hydrogen-bond donors (Lipinski definition) is 0. The third kappa shape index (κ3) is 8.36. The van der Waals surface area contributed by atoms with Crippen LogP contribution in [0.1, 0.15) is 6.92 Å². The van der Waals surface area contributed by atoms with E-state index in [4.69, 9.17) is 18.9 Å². The van der Waals surface area contributed by atoms with Crippen molar-refractivity contribution in [2.75, 3.05) is 19.8 Å². The molecule has 0 radical (unpaired) electrons. The van der Waals surface area contributed by atoms with E-state index in [9.17, 15) is 14.4 Å². The van der Waals surface area contributed by atoms with Crippen LogP contribution in [0.25, 0.3) is 0 Å². The number of para-hydroxylation sites is 1. The molecule has 1 aromatic carbocycles. The van der Waals surface area contributed by atoms with Crippen molar-refractivity contribution in [3.05, 3.63) is 55.1 Å². The van der Waals surface area contributed by atoms with E-state index in [1.165, 1.54) is 6.92 Å². The molecule has 0 saturated heterocycles. The van der Waals surface area contributed by atoms with E-state index in [0.717, 1.165) is 6.08 Å². The molecule has 0 saturated carbocycles. The summed E-state index contributed by atoms with van der Waals surface area (Å²) in [6.07, 6.45) is 0.00549. The van der Waals surface area contributed by atoms with Crippen LogP contribution in [0.3, 0.4) is 0 Å². The number of rotatable bonds is 10. The molecule has 134 valence electrons. The molecule has 0 aromatic heterocycles. The van der Waals surface area contributed by atoms with Crippen molar-refractivity contribution in [2.45, 2.75) is 13.0 Å². The first kappa shape index (κ1) is 20.0. The smallest absolute Gasteiger partial charge is 0.344 e. The van der Waals surface area contributed by atoms with E-state index >= 15 is 0 Å². The molecule has 1 atom stereocenters. The first-order valence-electron chi connectivity index (χ1n) is 7.41. The summed E-state index contributed by atoms with van der Waals surface area (Å²) in [5.74, 6) is -1.51. The van der Waals surface area contributed by atoms with Gasteiger partial charge in [-0.3, -0.25) is 0 Å². The topological polar surface area (TPSA) is 88.1 Å². The number of hydrogen-bond acceptors (Lipinski definition) is 7. The van der Waals surface area contributed by atoms with E-state index in [1.807, 2.05) is 6.07 Å². The second-order valence-electron chi connectivity index (χ2n) is 4.93. The lowest BCUT2D eigenvalue weighted by molar-refractivity contribution is -0.163. The molecule has 7 heteroatoms. The van der Waals surface area contributed by atoms with Gasteiger partial charge in [0, 0.05) is 11.6 Å². The van der Waals surface area contributed by atoms with Gasteiger partial charge in [-0.2, -0.15) is 0 Å². The number of benzene rings is 1. The zero-order valence-electron chi connectivity index (χ0n) is 13.9. The third-order valence-corrected chi connectivity index (χ3v) is 2.73. The largest absolute Gasteiger partial charge is 0.482 e. The molecule has 0 heterocycles. The highest BCUT2D eigenvalue weighted by molar-refractivity contribution is 5.87. The molecule has 0 aliphatic carbocycles. The van der Waals surface area contributed by atoms with Gasteiger partial charge in [-0.05, 0) is 19.1 Å². The Morgan fingerprint density at radius 2 is 1.76 bits per heavy atom. The van der Waals surface area contributed by atoms with E-state index in [0.29, 0.717) is 5.75 Å². The molecule has 25 heavy (non-hydrogen) atoms. The standard InChI is InChI=1S/C18H20O7/c1-4-16(19)23-10-15(25-18(21)13(2)3)11-24-17(20)12-22-14-8-6-5-7-9-14/h4-9,15H,1-2,10-12H2,3H3. The third-order valence-electron chi connectivity index (χ3n) is 2.73. The van der Waals surface area contributed by atoms with E-state index in [2.05, 4.69) is 13.2 Å². The molecule has 0 spiro atoms. The second-order valence-corrected chi connectivity index (χ2v) is 4.93. The summed E-state index contributed by atoms with van der Waals surface area (Å²) in [7, 11) is 0. The SMILES string of the molecule is C=CC(=O)OCC(COC(=O)COc1ccccc1)OC(=O)C(=C)C. The molecule has 0 fully saturated rings. The van der Waals surface area contributed by atoms with Gasteiger partial charge >= 0.3 is 17.9 Å². The summed E-state index contributed by atoms with van der Waals surface area (Å²) in [4.78, 5) is 34.4. The molecule has 0 bridgehead atoms. The predicted molar refractivity (Wildman–Crippen MR) is 88.7 cm³/mol. The van der Waals surface area contributed by atoms with Crippen LogP contribution < -0.4 is 4.74 Å². The van der Waals surface area contributed by atoms with Crippen molar-refractivity contribution in [1.82, 2.24) is 0 Å². The quantitative estimate of drug-likeness (QED) is 0.362. The van der Waals surface area contributed by atoms with Crippen LogP contribution in [0.15, 0.2) is 55.1 Å². The summed E-state index contributed by atoms with van der Waals surface area (Å²) in [6.45, 7) is 7.30. The van der Waals surface area contributed by atoms with Crippen LogP contribution in [0.5, 0.6) is 5.75 Å². The summed E-state index contributed by atoms with van der Waals surface area (Å²) >= 11 is 0. The van der Waals surface area contributed by atoms with Crippen molar-refractivity contribution in [2.24, 2.45) is 0 Å². The Morgan fingerprint density at radius 1 is 1.12 bits per heavy atom. The van der Waals surface area contributed by atoms with Gasteiger partial charge in [-0.1, -0.05) is 31.4 Å². The maximum atomic E-state index is 11.7. The molecule has 0 aliphatic rings. The summed E-state index contributed by atoms with van der Waals surface area (Å²) in [5, 5.41) is 0. The monoisotopic (exact) mass is 348 g/mol. The van der Waals surface area contributed by atoms with Gasteiger partial charge < -0.3 is 18.9 Å². The average Bonchev–Trinajstić information content (AvgIpc) is 2.62. The normalized spacial score (nSPS) is 10.9. The fourth-order valence-electron chi connectivity index (χ4n) is 1.49. The maximum absolute atomic E-state index is 11.7. The minimum Gasteiger partial charge on any atom is -0.482 e. The Kier molecular flexibility index (Phi) is 8.49. The highest BCUT2D eigenvalue weighted by atomic mass is 16.6.